The van der Waals surface area contributed by atoms with Gasteiger partial charge in [0.1, 0.15) is 6.42 Å². The quantitative estimate of drug-likeness (QED) is 0.809. The van der Waals surface area contributed by atoms with E-state index in [0.29, 0.717) is 10.2 Å². The molecule has 78 valence electrons. The molecule has 1 aromatic rings. The van der Waals surface area contributed by atoms with Crippen molar-refractivity contribution in [3.8, 4) is 11.8 Å². The van der Waals surface area contributed by atoms with E-state index in [9.17, 15) is 9.90 Å². The SMILES string of the molecule is Cc1cc(Br)c(O)c(NC(=O)CC#N)c1. The van der Waals surface area contributed by atoms with Crippen LogP contribution in [0.2, 0.25) is 0 Å². The molecule has 0 fully saturated rings. The number of anilines is 1. The number of nitrogens with one attached hydrogen (secondary N) is 1. The Balaban J connectivity index is 2.95. The third-order valence-corrected chi connectivity index (χ3v) is 2.33. The first-order valence-electron chi connectivity index (χ1n) is 4.20. The van der Waals surface area contributed by atoms with Gasteiger partial charge in [-0.1, -0.05) is 0 Å². The molecule has 1 amide bonds. The van der Waals surface area contributed by atoms with Gasteiger partial charge < -0.3 is 10.4 Å². The Labute approximate surface area is 95.7 Å². The van der Waals surface area contributed by atoms with Crippen molar-refractivity contribution in [1.82, 2.24) is 0 Å². The number of benzene rings is 1. The molecule has 0 bridgehead atoms. The highest BCUT2D eigenvalue weighted by Gasteiger charge is 2.09. The Bertz CT molecular complexity index is 438. The van der Waals surface area contributed by atoms with Crippen molar-refractivity contribution < 1.29 is 9.90 Å². The third-order valence-electron chi connectivity index (χ3n) is 1.72. The molecular weight excluding hydrogens is 260 g/mol. The number of phenolic OH excluding ortho intramolecular Hbond substituents is 1. The van der Waals surface area contributed by atoms with E-state index in [-0.39, 0.29) is 12.2 Å². The van der Waals surface area contributed by atoms with E-state index in [2.05, 4.69) is 21.2 Å². The lowest BCUT2D eigenvalue weighted by Crippen LogP contribution is -2.10. The van der Waals surface area contributed by atoms with Crippen molar-refractivity contribution in [1.29, 1.82) is 5.26 Å². The van der Waals surface area contributed by atoms with Gasteiger partial charge in [-0.15, -0.1) is 0 Å². The predicted octanol–water partition coefficient (Wildman–Crippen LogP) is 2.32. The number of nitrogens with zero attached hydrogens (tertiary/aromatic N) is 1. The fourth-order valence-electron chi connectivity index (χ4n) is 1.10. The summed E-state index contributed by atoms with van der Waals surface area (Å²) in [5, 5.41) is 20.4. The number of nitriles is 1. The van der Waals surface area contributed by atoms with Crippen LogP contribution >= 0.6 is 15.9 Å². The lowest BCUT2D eigenvalue weighted by molar-refractivity contribution is -0.115. The van der Waals surface area contributed by atoms with Crippen LogP contribution in [0.25, 0.3) is 0 Å². The number of aryl methyl sites for hydroxylation is 1. The summed E-state index contributed by atoms with van der Waals surface area (Å²) >= 11 is 3.16. The Morgan fingerprint density at radius 1 is 1.67 bits per heavy atom. The summed E-state index contributed by atoms with van der Waals surface area (Å²) in [4.78, 5) is 11.1. The first-order valence-corrected chi connectivity index (χ1v) is 5.00. The molecule has 0 unspecified atom stereocenters. The highest BCUT2D eigenvalue weighted by atomic mass is 79.9. The largest absolute Gasteiger partial charge is 0.505 e. The van der Waals surface area contributed by atoms with Gasteiger partial charge in [0.2, 0.25) is 5.91 Å². The molecule has 0 aliphatic heterocycles. The highest BCUT2D eigenvalue weighted by molar-refractivity contribution is 9.10. The van der Waals surface area contributed by atoms with Gasteiger partial charge in [-0.3, -0.25) is 4.79 Å². The molecule has 0 aromatic heterocycles. The van der Waals surface area contributed by atoms with E-state index in [4.69, 9.17) is 5.26 Å². The Morgan fingerprint density at radius 3 is 2.93 bits per heavy atom. The second-order valence-corrected chi connectivity index (χ2v) is 3.88. The Morgan fingerprint density at radius 2 is 2.33 bits per heavy atom. The molecule has 0 saturated carbocycles. The number of halogens is 1. The molecule has 5 heteroatoms. The second kappa shape index (κ2) is 4.80. The van der Waals surface area contributed by atoms with E-state index in [1.807, 2.05) is 6.92 Å². The summed E-state index contributed by atoms with van der Waals surface area (Å²) in [6, 6.07) is 5.10. The molecule has 0 radical (unpaired) electrons. The number of hydrogen-bond donors (Lipinski definition) is 2. The second-order valence-electron chi connectivity index (χ2n) is 3.03. The molecule has 0 saturated heterocycles. The Kier molecular flexibility index (Phi) is 3.69. The van der Waals surface area contributed by atoms with Crippen LogP contribution in [0, 0.1) is 18.3 Å². The van der Waals surface area contributed by atoms with Gasteiger partial charge in [-0.2, -0.15) is 5.26 Å². The number of hydrogen-bond acceptors (Lipinski definition) is 3. The monoisotopic (exact) mass is 268 g/mol. The van der Waals surface area contributed by atoms with Crippen molar-refractivity contribution in [3.05, 3.63) is 22.2 Å². The molecule has 0 atom stereocenters. The zero-order chi connectivity index (χ0) is 11.4. The average molecular weight is 269 g/mol. The third kappa shape index (κ3) is 2.96. The van der Waals surface area contributed by atoms with Crippen LogP contribution in [0.5, 0.6) is 5.75 Å². The maximum absolute atomic E-state index is 11.1. The summed E-state index contributed by atoms with van der Waals surface area (Å²) in [5.74, 6) is -0.475. The molecule has 15 heavy (non-hydrogen) atoms. The minimum Gasteiger partial charge on any atom is -0.505 e. The van der Waals surface area contributed by atoms with E-state index >= 15 is 0 Å². The summed E-state index contributed by atoms with van der Waals surface area (Å²) < 4.78 is 0.509. The van der Waals surface area contributed by atoms with Crippen LogP contribution in [0.4, 0.5) is 5.69 Å². The lowest BCUT2D eigenvalue weighted by Gasteiger charge is -2.08. The van der Waals surface area contributed by atoms with Crippen molar-refractivity contribution in [2.24, 2.45) is 0 Å². The number of carbonyl (C=O) groups is 1. The fourth-order valence-corrected chi connectivity index (χ4v) is 1.67. The fraction of sp³-hybridized carbons (Fsp3) is 0.200. The topological polar surface area (TPSA) is 73.1 Å². The summed E-state index contributed by atoms with van der Waals surface area (Å²) in [5.41, 5.74) is 1.20. The van der Waals surface area contributed by atoms with Crippen LogP contribution in [-0.4, -0.2) is 11.0 Å². The maximum atomic E-state index is 11.1. The molecule has 0 spiro atoms. The average Bonchev–Trinajstić information content (AvgIpc) is 2.13. The summed E-state index contributed by atoms with van der Waals surface area (Å²) in [6.45, 7) is 1.84. The van der Waals surface area contributed by atoms with Gasteiger partial charge in [-0.25, -0.2) is 0 Å². The maximum Gasteiger partial charge on any atom is 0.238 e. The van der Waals surface area contributed by atoms with Crippen molar-refractivity contribution in [2.45, 2.75) is 13.3 Å². The van der Waals surface area contributed by atoms with Crippen LogP contribution < -0.4 is 5.32 Å². The first-order chi connectivity index (χ1) is 7.04. The van der Waals surface area contributed by atoms with Crippen molar-refractivity contribution in [3.63, 3.8) is 0 Å². The Hall–Kier alpha value is -1.54. The predicted molar refractivity (Wildman–Crippen MR) is 59.4 cm³/mol. The van der Waals surface area contributed by atoms with Gasteiger partial charge in [-0.05, 0) is 40.5 Å². The standard InChI is InChI=1S/C10H9BrN2O2/c1-6-4-7(11)10(15)8(5-6)13-9(14)2-3-12/h4-5,15H,2H2,1H3,(H,13,14). The molecular formula is C10H9BrN2O2. The van der Waals surface area contributed by atoms with E-state index < -0.39 is 5.91 Å². The highest BCUT2D eigenvalue weighted by Crippen LogP contribution is 2.33. The number of rotatable bonds is 2. The number of carbonyl (C=O) groups excluding carboxylic acids is 1. The molecule has 1 aromatic carbocycles. The molecule has 0 heterocycles. The van der Waals surface area contributed by atoms with Crippen molar-refractivity contribution in [2.75, 3.05) is 5.32 Å². The number of aromatic hydroxyl groups is 1. The van der Waals surface area contributed by atoms with Crippen molar-refractivity contribution >= 4 is 27.5 Å². The molecule has 0 aliphatic carbocycles. The normalized spacial score (nSPS) is 9.40. The van der Waals surface area contributed by atoms with E-state index in [1.54, 1.807) is 18.2 Å². The van der Waals surface area contributed by atoms with Gasteiger partial charge in [0.15, 0.2) is 5.75 Å². The molecule has 2 N–H and O–H groups in total. The number of amides is 1. The van der Waals surface area contributed by atoms with Crippen LogP contribution in [0.15, 0.2) is 16.6 Å². The molecule has 4 nitrogen and oxygen atoms in total. The van der Waals surface area contributed by atoms with Gasteiger partial charge in [0.25, 0.3) is 0 Å². The zero-order valence-corrected chi connectivity index (χ0v) is 9.63. The van der Waals surface area contributed by atoms with Gasteiger partial charge in [0, 0.05) is 0 Å². The van der Waals surface area contributed by atoms with Gasteiger partial charge in [0.05, 0.1) is 16.2 Å². The lowest BCUT2D eigenvalue weighted by atomic mass is 10.2. The van der Waals surface area contributed by atoms with Crippen LogP contribution in [0.3, 0.4) is 0 Å². The summed E-state index contributed by atoms with van der Waals surface area (Å²) in [6.07, 6.45) is -0.231. The molecule has 0 aliphatic rings. The minimum atomic E-state index is -0.440. The van der Waals surface area contributed by atoms with E-state index in [0.717, 1.165) is 5.56 Å². The van der Waals surface area contributed by atoms with Crippen LogP contribution in [0.1, 0.15) is 12.0 Å². The van der Waals surface area contributed by atoms with Crippen LogP contribution in [-0.2, 0) is 4.79 Å². The minimum absolute atomic E-state index is 0.0353. The number of phenols is 1. The van der Waals surface area contributed by atoms with E-state index in [1.165, 1.54) is 0 Å². The zero-order valence-electron chi connectivity index (χ0n) is 8.04. The first kappa shape index (κ1) is 11.5. The van der Waals surface area contributed by atoms with Gasteiger partial charge >= 0.3 is 0 Å². The molecule has 1 rings (SSSR count). The summed E-state index contributed by atoms with van der Waals surface area (Å²) in [7, 11) is 0. The smallest absolute Gasteiger partial charge is 0.238 e.